The van der Waals surface area contributed by atoms with E-state index < -0.39 is 49.5 Å². The van der Waals surface area contributed by atoms with Gasteiger partial charge in [-0.25, -0.2) is 0 Å². The maximum atomic E-state index is 13.0. The molecule has 0 aromatic carbocycles. The lowest BCUT2D eigenvalue weighted by atomic mass is 9.99. The number of ether oxygens (including phenoxy) is 2. The van der Waals surface area contributed by atoms with E-state index in [0.717, 1.165) is 44.9 Å². The van der Waals surface area contributed by atoms with Crippen LogP contribution in [0.25, 0.3) is 0 Å². The van der Waals surface area contributed by atoms with E-state index in [-0.39, 0.29) is 12.5 Å². The number of hydrogen-bond donors (Lipinski definition) is 6. The fourth-order valence-electron chi connectivity index (χ4n) is 10.1. The standard InChI is InChI=1S/C62H119NO8/c1-3-5-7-9-11-13-15-16-17-18-19-20-21-22-23-24-25-26-27-28-29-30-31-32-33-34-35-36-37-38-39-40-42-44-46-48-50-52-58(66)63-55(54-70-62-61(69)60(68)59(67)57(53-64)71-62)56(65)51-49-47-45-43-41-14-12-10-8-6-4-2/h23-24,26-27,55-57,59-62,64-65,67-69H,3-22,25,28-54H2,1-2H3,(H,63,66)/b24-23-,27-26-. The van der Waals surface area contributed by atoms with Gasteiger partial charge in [-0.15, -0.1) is 0 Å². The maximum absolute atomic E-state index is 13.0. The van der Waals surface area contributed by atoms with Crippen LogP contribution in [-0.2, 0) is 14.3 Å². The molecule has 71 heavy (non-hydrogen) atoms. The molecule has 0 bridgehead atoms. The SMILES string of the molecule is CCCCCCCCCCCCCCC/C=C\C/C=C\CCCCCCCCCCCCCCCCCCCC(=O)NC(COC1OC(CO)C(O)C(O)C1O)C(O)CCCCCCCCCCCCC. The minimum absolute atomic E-state index is 0.135. The van der Waals surface area contributed by atoms with Crippen molar-refractivity contribution in [2.75, 3.05) is 13.2 Å². The molecular weight excluding hydrogens is 887 g/mol. The molecule has 6 N–H and O–H groups in total. The molecule has 1 aliphatic rings. The molecule has 1 amide bonds. The van der Waals surface area contributed by atoms with Crippen LogP contribution in [0.2, 0.25) is 0 Å². The summed E-state index contributed by atoms with van der Waals surface area (Å²) in [4.78, 5) is 13.0. The Labute approximate surface area is 439 Å². The van der Waals surface area contributed by atoms with Gasteiger partial charge in [-0.3, -0.25) is 4.79 Å². The summed E-state index contributed by atoms with van der Waals surface area (Å²) < 4.78 is 11.3. The van der Waals surface area contributed by atoms with Crippen molar-refractivity contribution in [1.82, 2.24) is 5.32 Å². The van der Waals surface area contributed by atoms with Gasteiger partial charge in [0.25, 0.3) is 0 Å². The molecule has 0 aliphatic carbocycles. The van der Waals surface area contributed by atoms with Gasteiger partial charge in [-0.05, 0) is 44.9 Å². The fraction of sp³-hybridized carbons (Fsp3) is 0.919. The zero-order valence-corrected chi connectivity index (χ0v) is 46.8. The third kappa shape index (κ3) is 41.6. The smallest absolute Gasteiger partial charge is 0.220 e. The quantitative estimate of drug-likeness (QED) is 0.0261. The number of hydrogen-bond acceptors (Lipinski definition) is 8. The number of aliphatic hydroxyl groups excluding tert-OH is 5. The Hall–Kier alpha value is -1.33. The van der Waals surface area contributed by atoms with Crippen LogP contribution in [0, 0.1) is 0 Å². The number of rotatable bonds is 54. The van der Waals surface area contributed by atoms with Gasteiger partial charge < -0.3 is 40.3 Å². The second-order valence-corrected chi connectivity index (χ2v) is 21.9. The van der Waals surface area contributed by atoms with Crippen molar-refractivity contribution in [3.05, 3.63) is 24.3 Å². The van der Waals surface area contributed by atoms with E-state index in [9.17, 15) is 30.3 Å². The lowest BCUT2D eigenvalue weighted by molar-refractivity contribution is -0.302. The summed E-state index contributed by atoms with van der Waals surface area (Å²) in [6.45, 7) is 3.85. The van der Waals surface area contributed by atoms with E-state index in [4.69, 9.17) is 9.47 Å². The van der Waals surface area contributed by atoms with Crippen molar-refractivity contribution in [3.63, 3.8) is 0 Å². The predicted octanol–water partition coefficient (Wildman–Crippen LogP) is 15.7. The summed E-state index contributed by atoms with van der Waals surface area (Å²) in [7, 11) is 0. The Morgan fingerprint density at radius 3 is 1.21 bits per heavy atom. The Morgan fingerprint density at radius 2 is 0.831 bits per heavy atom. The Kier molecular flexibility index (Phi) is 49.7. The highest BCUT2D eigenvalue weighted by Crippen LogP contribution is 2.23. The molecular formula is C62H119NO8. The van der Waals surface area contributed by atoms with Crippen molar-refractivity contribution in [2.45, 2.75) is 352 Å². The lowest BCUT2D eigenvalue weighted by Crippen LogP contribution is -2.60. The van der Waals surface area contributed by atoms with Crippen LogP contribution in [-0.4, -0.2) is 87.5 Å². The summed E-state index contributed by atoms with van der Waals surface area (Å²) in [5.74, 6) is -0.141. The summed E-state index contributed by atoms with van der Waals surface area (Å²) in [6.07, 6.45) is 59.7. The second-order valence-electron chi connectivity index (χ2n) is 21.9. The van der Waals surface area contributed by atoms with Gasteiger partial charge in [0.15, 0.2) is 6.29 Å². The summed E-state index contributed by atoms with van der Waals surface area (Å²) in [6, 6.07) is -0.715. The van der Waals surface area contributed by atoms with Crippen LogP contribution in [0.3, 0.4) is 0 Å². The molecule has 9 heteroatoms. The van der Waals surface area contributed by atoms with Gasteiger partial charge in [0.1, 0.15) is 24.4 Å². The van der Waals surface area contributed by atoms with Crippen LogP contribution in [0.4, 0.5) is 0 Å². The number of carbonyl (C=O) groups excluding carboxylic acids is 1. The van der Waals surface area contributed by atoms with Crippen LogP contribution >= 0.6 is 0 Å². The minimum Gasteiger partial charge on any atom is -0.394 e. The number of unbranched alkanes of at least 4 members (excludes halogenated alkanes) is 40. The van der Waals surface area contributed by atoms with Crippen molar-refractivity contribution in [3.8, 4) is 0 Å². The second kappa shape index (κ2) is 52.1. The Balaban J connectivity index is 2.03. The van der Waals surface area contributed by atoms with E-state index in [2.05, 4.69) is 43.5 Å². The third-order valence-corrected chi connectivity index (χ3v) is 15.1. The molecule has 7 unspecified atom stereocenters. The first-order valence-corrected chi connectivity index (χ1v) is 31.0. The summed E-state index contributed by atoms with van der Waals surface area (Å²) >= 11 is 0. The van der Waals surface area contributed by atoms with Gasteiger partial charge in [-0.2, -0.15) is 0 Å². The lowest BCUT2D eigenvalue weighted by Gasteiger charge is -2.40. The minimum atomic E-state index is -1.55. The summed E-state index contributed by atoms with van der Waals surface area (Å²) in [5.41, 5.74) is 0. The molecule has 1 aliphatic heterocycles. The van der Waals surface area contributed by atoms with Crippen molar-refractivity contribution < 1.29 is 39.8 Å². The highest BCUT2D eigenvalue weighted by atomic mass is 16.7. The maximum Gasteiger partial charge on any atom is 0.220 e. The molecule has 1 rings (SSSR count). The van der Waals surface area contributed by atoms with Crippen molar-refractivity contribution in [1.29, 1.82) is 0 Å². The van der Waals surface area contributed by atoms with Gasteiger partial charge >= 0.3 is 0 Å². The molecule has 1 fully saturated rings. The zero-order valence-electron chi connectivity index (χ0n) is 46.8. The van der Waals surface area contributed by atoms with Gasteiger partial charge in [0.2, 0.25) is 5.91 Å². The molecule has 9 nitrogen and oxygen atoms in total. The molecule has 0 aromatic rings. The fourth-order valence-corrected chi connectivity index (χ4v) is 10.1. The normalized spacial score (nSPS) is 19.3. The first-order valence-electron chi connectivity index (χ1n) is 31.0. The van der Waals surface area contributed by atoms with E-state index in [1.807, 2.05) is 0 Å². The van der Waals surface area contributed by atoms with Crippen molar-refractivity contribution in [2.24, 2.45) is 0 Å². The molecule has 0 spiro atoms. The van der Waals surface area contributed by atoms with E-state index in [1.165, 1.54) is 238 Å². The first kappa shape index (κ1) is 67.7. The Morgan fingerprint density at radius 1 is 0.479 bits per heavy atom. The number of aliphatic hydroxyl groups is 5. The molecule has 7 atom stereocenters. The monoisotopic (exact) mass is 1010 g/mol. The highest BCUT2D eigenvalue weighted by Gasteiger charge is 2.44. The topological polar surface area (TPSA) is 149 Å². The number of allylic oxidation sites excluding steroid dienone is 4. The average molecular weight is 1010 g/mol. The summed E-state index contributed by atoms with van der Waals surface area (Å²) in [5, 5.41) is 54.5. The van der Waals surface area contributed by atoms with E-state index >= 15 is 0 Å². The third-order valence-electron chi connectivity index (χ3n) is 15.1. The van der Waals surface area contributed by atoms with E-state index in [0.29, 0.717) is 12.8 Å². The van der Waals surface area contributed by atoms with Crippen LogP contribution in [0.5, 0.6) is 0 Å². The molecule has 420 valence electrons. The molecule has 0 aromatic heterocycles. The number of amides is 1. The van der Waals surface area contributed by atoms with Crippen molar-refractivity contribution >= 4 is 5.91 Å². The van der Waals surface area contributed by atoms with E-state index in [1.54, 1.807) is 0 Å². The predicted molar refractivity (Wildman–Crippen MR) is 300 cm³/mol. The Bertz CT molecular complexity index is 1170. The van der Waals surface area contributed by atoms with Crippen LogP contribution < -0.4 is 5.32 Å². The molecule has 0 radical (unpaired) electrons. The average Bonchev–Trinajstić information content (AvgIpc) is 3.37. The first-order chi connectivity index (χ1) is 34.8. The van der Waals surface area contributed by atoms with Crippen LogP contribution in [0.1, 0.15) is 309 Å². The number of carbonyl (C=O) groups is 1. The largest absolute Gasteiger partial charge is 0.394 e. The zero-order chi connectivity index (χ0) is 51.5. The van der Waals surface area contributed by atoms with Crippen LogP contribution in [0.15, 0.2) is 24.3 Å². The molecule has 1 saturated heterocycles. The molecule has 0 saturated carbocycles. The van der Waals surface area contributed by atoms with Gasteiger partial charge in [0, 0.05) is 6.42 Å². The van der Waals surface area contributed by atoms with Gasteiger partial charge in [-0.1, -0.05) is 282 Å². The highest BCUT2D eigenvalue weighted by molar-refractivity contribution is 5.76. The van der Waals surface area contributed by atoms with Gasteiger partial charge in [0.05, 0.1) is 25.4 Å². The number of nitrogens with one attached hydrogen (secondary N) is 1. The molecule has 1 heterocycles.